The van der Waals surface area contributed by atoms with Crippen LogP contribution in [0.5, 0.6) is 5.75 Å². The minimum atomic E-state index is -0.859. The van der Waals surface area contributed by atoms with Gasteiger partial charge in [-0.05, 0) is 37.1 Å². The molecule has 0 saturated carbocycles. The van der Waals surface area contributed by atoms with Gasteiger partial charge in [0.15, 0.2) is 11.6 Å². The van der Waals surface area contributed by atoms with Crippen LogP contribution < -0.4 is 10.1 Å². The van der Waals surface area contributed by atoms with Crippen LogP contribution in [-0.2, 0) is 11.2 Å². The van der Waals surface area contributed by atoms with Crippen LogP contribution in [0.25, 0.3) is 0 Å². The molecule has 0 heterocycles. The summed E-state index contributed by atoms with van der Waals surface area (Å²) in [5.74, 6) is -1.09. The number of rotatable bonds is 8. The number of ether oxygens (including phenoxy) is 1. The van der Waals surface area contributed by atoms with E-state index < -0.39 is 11.8 Å². The van der Waals surface area contributed by atoms with Crippen molar-refractivity contribution in [2.75, 3.05) is 13.7 Å². The Kier molecular flexibility index (Phi) is 6.29. The van der Waals surface area contributed by atoms with Crippen molar-refractivity contribution in [3.8, 4) is 5.75 Å². The number of hydrogen-bond acceptors (Lipinski definition) is 3. The van der Waals surface area contributed by atoms with Gasteiger partial charge in [-0.25, -0.2) is 4.39 Å². The maximum absolute atomic E-state index is 13.6. The Hall–Kier alpha value is -1.62. The van der Waals surface area contributed by atoms with Crippen molar-refractivity contribution in [1.82, 2.24) is 5.32 Å². The topological polar surface area (TPSA) is 58.6 Å². The minimum Gasteiger partial charge on any atom is -0.494 e. The fourth-order valence-electron chi connectivity index (χ4n) is 1.90. The molecule has 1 unspecified atom stereocenters. The minimum absolute atomic E-state index is 0.0215. The van der Waals surface area contributed by atoms with Gasteiger partial charge in [-0.15, -0.1) is 0 Å². The molecular weight excluding hydrogens is 249 g/mol. The van der Waals surface area contributed by atoms with Crippen molar-refractivity contribution in [2.24, 2.45) is 0 Å². The molecule has 0 spiro atoms. The molecule has 0 radical (unpaired) electrons. The zero-order chi connectivity index (χ0) is 14.3. The average molecular weight is 269 g/mol. The number of carboxylic acid groups (broad SMARTS) is 1. The van der Waals surface area contributed by atoms with Crippen molar-refractivity contribution in [2.45, 2.75) is 32.2 Å². The third kappa shape index (κ3) is 5.26. The smallest absolute Gasteiger partial charge is 0.304 e. The Morgan fingerprint density at radius 2 is 2.26 bits per heavy atom. The first-order valence-electron chi connectivity index (χ1n) is 6.34. The molecule has 0 aromatic heterocycles. The van der Waals surface area contributed by atoms with Crippen molar-refractivity contribution < 1.29 is 19.0 Å². The molecule has 0 aliphatic carbocycles. The summed E-state index contributed by atoms with van der Waals surface area (Å²) in [6.45, 7) is 2.76. The standard InChI is InChI=1S/C14H20FNO3/c1-3-6-16-11(9-14(17)18)7-10-4-5-13(19-2)12(15)8-10/h4-5,8,11,16H,3,6-7,9H2,1-2H3,(H,17,18). The summed E-state index contributed by atoms with van der Waals surface area (Å²) < 4.78 is 18.4. The Bertz CT molecular complexity index is 423. The van der Waals surface area contributed by atoms with E-state index in [0.29, 0.717) is 6.42 Å². The normalized spacial score (nSPS) is 12.2. The first kappa shape index (κ1) is 15.4. The van der Waals surface area contributed by atoms with E-state index in [1.807, 2.05) is 6.92 Å². The molecule has 4 nitrogen and oxygen atoms in total. The van der Waals surface area contributed by atoms with E-state index in [0.717, 1.165) is 18.5 Å². The van der Waals surface area contributed by atoms with Crippen molar-refractivity contribution in [3.05, 3.63) is 29.6 Å². The highest BCUT2D eigenvalue weighted by Gasteiger charge is 2.14. The second-order valence-corrected chi connectivity index (χ2v) is 4.42. The summed E-state index contributed by atoms with van der Waals surface area (Å²) in [6.07, 6.45) is 1.42. The average Bonchev–Trinajstić information content (AvgIpc) is 2.35. The lowest BCUT2D eigenvalue weighted by atomic mass is 10.0. The van der Waals surface area contributed by atoms with Crippen LogP contribution in [0.4, 0.5) is 4.39 Å². The first-order chi connectivity index (χ1) is 9.06. The van der Waals surface area contributed by atoms with Gasteiger partial charge in [0.05, 0.1) is 13.5 Å². The zero-order valence-electron chi connectivity index (χ0n) is 11.3. The van der Waals surface area contributed by atoms with Gasteiger partial charge < -0.3 is 15.2 Å². The summed E-state index contributed by atoms with van der Waals surface area (Å²) in [4.78, 5) is 10.8. The predicted octanol–water partition coefficient (Wildman–Crippen LogP) is 2.22. The molecule has 0 amide bonds. The maximum atomic E-state index is 13.6. The van der Waals surface area contributed by atoms with E-state index >= 15 is 0 Å². The number of halogens is 1. The fourth-order valence-corrected chi connectivity index (χ4v) is 1.90. The molecule has 0 saturated heterocycles. The van der Waals surface area contributed by atoms with Gasteiger partial charge >= 0.3 is 5.97 Å². The number of benzene rings is 1. The fraction of sp³-hybridized carbons (Fsp3) is 0.500. The molecule has 1 rings (SSSR count). The maximum Gasteiger partial charge on any atom is 0.304 e. The van der Waals surface area contributed by atoms with Crippen LogP contribution in [0.1, 0.15) is 25.3 Å². The largest absolute Gasteiger partial charge is 0.494 e. The molecular formula is C14H20FNO3. The summed E-state index contributed by atoms with van der Waals surface area (Å²) in [5.41, 5.74) is 0.758. The second-order valence-electron chi connectivity index (χ2n) is 4.42. The number of aliphatic carboxylic acids is 1. The van der Waals surface area contributed by atoms with Gasteiger partial charge in [0.2, 0.25) is 0 Å². The second kappa shape index (κ2) is 7.74. The van der Waals surface area contributed by atoms with E-state index in [1.165, 1.54) is 13.2 Å². The first-order valence-corrected chi connectivity index (χ1v) is 6.34. The zero-order valence-corrected chi connectivity index (χ0v) is 11.3. The van der Waals surface area contributed by atoms with E-state index in [-0.39, 0.29) is 18.2 Å². The Morgan fingerprint density at radius 3 is 2.79 bits per heavy atom. The van der Waals surface area contributed by atoms with Gasteiger partial charge in [0.1, 0.15) is 0 Å². The highest BCUT2D eigenvalue weighted by atomic mass is 19.1. The highest BCUT2D eigenvalue weighted by molar-refractivity contribution is 5.67. The van der Waals surface area contributed by atoms with Crippen LogP contribution in [-0.4, -0.2) is 30.8 Å². The Morgan fingerprint density at radius 1 is 1.53 bits per heavy atom. The van der Waals surface area contributed by atoms with Crippen LogP contribution in [0.3, 0.4) is 0 Å². The summed E-state index contributed by atoms with van der Waals surface area (Å²) in [5, 5.41) is 12.0. The van der Waals surface area contributed by atoms with E-state index in [2.05, 4.69) is 5.32 Å². The third-order valence-electron chi connectivity index (χ3n) is 2.80. The molecule has 0 aliphatic rings. The Labute approximate surface area is 112 Å². The molecule has 1 aromatic rings. The highest BCUT2D eigenvalue weighted by Crippen LogP contribution is 2.19. The molecule has 19 heavy (non-hydrogen) atoms. The quantitative estimate of drug-likeness (QED) is 0.759. The van der Waals surface area contributed by atoms with Crippen LogP contribution in [0, 0.1) is 5.82 Å². The summed E-state index contributed by atoms with van der Waals surface area (Å²) in [6, 6.07) is 4.51. The Balaban J connectivity index is 2.71. The number of carboxylic acids is 1. The van der Waals surface area contributed by atoms with E-state index in [9.17, 15) is 9.18 Å². The molecule has 106 valence electrons. The van der Waals surface area contributed by atoms with Gasteiger partial charge in [-0.2, -0.15) is 0 Å². The number of nitrogens with one attached hydrogen (secondary N) is 1. The molecule has 0 aliphatic heterocycles. The third-order valence-corrected chi connectivity index (χ3v) is 2.80. The molecule has 1 atom stereocenters. The molecule has 5 heteroatoms. The van der Waals surface area contributed by atoms with Crippen LogP contribution in [0.2, 0.25) is 0 Å². The van der Waals surface area contributed by atoms with E-state index in [4.69, 9.17) is 9.84 Å². The number of carbonyl (C=O) groups is 1. The van der Waals surface area contributed by atoms with Gasteiger partial charge in [0.25, 0.3) is 0 Å². The van der Waals surface area contributed by atoms with Gasteiger partial charge in [-0.1, -0.05) is 13.0 Å². The number of hydrogen-bond donors (Lipinski definition) is 2. The molecule has 2 N–H and O–H groups in total. The summed E-state index contributed by atoms with van der Waals surface area (Å²) >= 11 is 0. The van der Waals surface area contributed by atoms with Gasteiger partial charge in [-0.3, -0.25) is 4.79 Å². The van der Waals surface area contributed by atoms with Crippen molar-refractivity contribution in [1.29, 1.82) is 0 Å². The lowest BCUT2D eigenvalue weighted by Crippen LogP contribution is -2.34. The van der Waals surface area contributed by atoms with Crippen LogP contribution >= 0.6 is 0 Å². The monoisotopic (exact) mass is 269 g/mol. The molecule has 1 aromatic carbocycles. The SMILES string of the molecule is CCCNC(CC(=O)O)Cc1ccc(OC)c(F)c1. The van der Waals surface area contributed by atoms with Crippen LogP contribution in [0.15, 0.2) is 18.2 Å². The summed E-state index contributed by atoms with van der Waals surface area (Å²) in [7, 11) is 1.41. The predicted molar refractivity (Wildman–Crippen MR) is 71.0 cm³/mol. The van der Waals surface area contributed by atoms with Gasteiger partial charge in [0, 0.05) is 6.04 Å². The number of methoxy groups -OCH3 is 1. The van der Waals surface area contributed by atoms with Crippen molar-refractivity contribution in [3.63, 3.8) is 0 Å². The van der Waals surface area contributed by atoms with Crippen molar-refractivity contribution >= 4 is 5.97 Å². The molecule has 0 fully saturated rings. The van der Waals surface area contributed by atoms with E-state index in [1.54, 1.807) is 12.1 Å². The lowest BCUT2D eigenvalue weighted by Gasteiger charge is -2.17. The molecule has 0 bridgehead atoms. The lowest BCUT2D eigenvalue weighted by molar-refractivity contribution is -0.137.